The van der Waals surface area contributed by atoms with Crippen molar-refractivity contribution in [2.45, 2.75) is 32.8 Å². The zero-order valence-electron chi connectivity index (χ0n) is 13.9. The van der Waals surface area contributed by atoms with Gasteiger partial charge in [0.25, 0.3) is 5.91 Å². The van der Waals surface area contributed by atoms with E-state index < -0.39 is 6.10 Å². The molecule has 0 aliphatic rings. The molecule has 1 atom stereocenters. The average Bonchev–Trinajstić information content (AvgIpc) is 2.60. The third-order valence-electron chi connectivity index (χ3n) is 3.42. The first kappa shape index (κ1) is 17.5. The van der Waals surface area contributed by atoms with Crippen molar-refractivity contribution in [2.75, 3.05) is 10.6 Å². The second-order valence-electron chi connectivity index (χ2n) is 5.30. The third-order valence-corrected chi connectivity index (χ3v) is 3.42. The Labute approximate surface area is 142 Å². The molecule has 0 saturated heterocycles. The Balaban J connectivity index is 2.02. The van der Waals surface area contributed by atoms with E-state index in [-0.39, 0.29) is 11.8 Å². The fourth-order valence-corrected chi connectivity index (χ4v) is 2.13. The Hall–Kier alpha value is -2.82. The summed E-state index contributed by atoms with van der Waals surface area (Å²) in [4.78, 5) is 23.9. The Morgan fingerprint density at radius 3 is 2.25 bits per heavy atom. The molecule has 0 spiro atoms. The van der Waals surface area contributed by atoms with E-state index in [4.69, 9.17) is 4.74 Å². The molecule has 2 rings (SSSR count). The van der Waals surface area contributed by atoms with Crippen molar-refractivity contribution in [1.29, 1.82) is 0 Å². The lowest BCUT2D eigenvalue weighted by atomic mass is 10.2. The number of hydrogen-bond donors (Lipinski definition) is 2. The highest BCUT2D eigenvalue weighted by Crippen LogP contribution is 2.17. The van der Waals surface area contributed by atoms with Crippen molar-refractivity contribution in [1.82, 2.24) is 0 Å². The largest absolute Gasteiger partial charge is 0.481 e. The summed E-state index contributed by atoms with van der Waals surface area (Å²) in [6.45, 7) is 3.68. The van der Waals surface area contributed by atoms with Crippen LogP contribution in [-0.4, -0.2) is 17.9 Å². The zero-order chi connectivity index (χ0) is 17.4. The molecule has 0 aliphatic carbocycles. The highest BCUT2D eigenvalue weighted by Gasteiger charge is 2.18. The van der Waals surface area contributed by atoms with E-state index in [0.29, 0.717) is 30.0 Å². The maximum atomic E-state index is 12.4. The summed E-state index contributed by atoms with van der Waals surface area (Å²) in [5.41, 5.74) is 1.26. The van der Waals surface area contributed by atoms with E-state index in [0.717, 1.165) is 0 Å². The molecule has 0 saturated carbocycles. The number of ether oxygens (including phenoxy) is 1. The maximum absolute atomic E-state index is 12.4. The number of nitrogens with one attached hydrogen (secondary N) is 2. The molecular weight excluding hydrogens is 304 g/mol. The minimum absolute atomic E-state index is 0.0719. The summed E-state index contributed by atoms with van der Waals surface area (Å²) in [6.07, 6.45) is 0.369. The number of carbonyl (C=O) groups excluding carboxylic acids is 2. The highest BCUT2D eigenvalue weighted by molar-refractivity contribution is 5.96. The molecule has 0 radical (unpaired) electrons. The molecule has 0 fully saturated rings. The van der Waals surface area contributed by atoms with Crippen molar-refractivity contribution in [3.8, 4) is 5.75 Å². The first-order valence-electron chi connectivity index (χ1n) is 8.04. The molecule has 126 valence electrons. The SMILES string of the molecule is CCC(=O)Nc1cccc(NC(=O)C(CC)Oc2ccccc2)c1. The van der Waals surface area contributed by atoms with Crippen LogP contribution in [0.2, 0.25) is 0 Å². The topological polar surface area (TPSA) is 67.4 Å². The van der Waals surface area contributed by atoms with Gasteiger partial charge in [-0.25, -0.2) is 0 Å². The lowest BCUT2D eigenvalue weighted by Crippen LogP contribution is -2.32. The average molecular weight is 326 g/mol. The first-order chi connectivity index (χ1) is 11.6. The summed E-state index contributed by atoms with van der Waals surface area (Å²) in [7, 11) is 0. The van der Waals surface area contributed by atoms with Gasteiger partial charge < -0.3 is 15.4 Å². The van der Waals surface area contributed by atoms with Crippen molar-refractivity contribution < 1.29 is 14.3 Å². The number of amides is 2. The lowest BCUT2D eigenvalue weighted by molar-refractivity contribution is -0.122. The van der Waals surface area contributed by atoms with E-state index >= 15 is 0 Å². The molecule has 0 aliphatic heterocycles. The second-order valence-corrected chi connectivity index (χ2v) is 5.30. The number of rotatable bonds is 7. The summed E-state index contributed by atoms with van der Waals surface area (Å²) < 4.78 is 5.73. The van der Waals surface area contributed by atoms with Crippen LogP contribution in [-0.2, 0) is 9.59 Å². The Kier molecular flexibility index (Phi) is 6.37. The van der Waals surface area contributed by atoms with Gasteiger partial charge in [0.05, 0.1) is 0 Å². The van der Waals surface area contributed by atoms with Crippen molar-refractivity contribution >= 4 is 23.2 Å². The fourth-order valence-electron chi connectivity index (χ4n) is 2.13. The van der Waals surface area contributed by atoms with Crippen LogP contribution >= 0.6 is 0 Å². The van der Waals surface area contributed by atoms with Gasteiger partial charge in [-0.15, -0.1) is 0 Å². The monoisotopic (exact) mass is 326 g/mol. The number of anilines is 2. The normalized spacial score (nSPS) is 11.4. The van der Waals surface area contributed by atoms with Gasteiger partial charge in [-0.05, 0) is 36.8 Å². The van der Waals surface area contributed by atoms with E-state index in [1.54, 1.807) is 31.2 Å². The Bertz CT molecular complexity index is 686. The summed E-state index contributed by atoms with van der Waals surface area (Å²) in [5.74, 6) is 0.362. The van der Waals surface area contributed by atoms with Crippen LogP contribution in [0.1, 0.15) is 26.7 Å². The Morgan fingerprint density at radius 2 is 1.62 bits per heavy atom. The molecule has 5 nitrogen and oxygen atoms in total. The molecule has 1 unspecified atom stereocenters. The van der Waals surface area contributed by atoms with E-state index in [9.17, 15) is 9.59 Å². The second kappa shape index (κ2) is 8.72. The van der Waals surface area contributed by atoms with Crippen LogP contribution in [0, 0.1) is 0 Å². The van der Waals surface area contributed by atoms with Crippen LogP contribution < -0.4 is 15.4 Å². The summed E-state index contributed by atoms with van der Waals surface area (Å²) >= 11 is 0. The standard InChI is InChI=1S/C19H22N2O3/c1-3-17(24-16-11-6-5-7-12-16)19(23)21-15-10-8-9-14(13-15)20-18(22)4-2/h5-13,17H,3-4H2,1-2H3,(H,20,22)(H,21,23). The number of carbonyl (C=O) groups is 2. The number of hydrogen-bond acceptors (Lipinski definition) is 3. The van der Waals surface area contributed by atoms with Gasteiger partial charge in [-0.3, -0.25) is 9.59 Å². The van der Waals surface area contributed by atoms with Crippen molar-refractivity contribution in [3.63, 3.8) is 0 Å². The molecule has 5 heteroatoms. The predicted molar refractivity (Wildman–Crippen MR) is 95.1 cm³/mol. The van der Waals surface area contributed by atoms with E-state index in [1.165, 1.54) is 0 Å². The smallest absolute Gasteiger partial charge is 0.265 e. The minimum atomic E-state index is -0.582. The molecular formula is C19H22N2O3. The number of benzene rings is 2. The van der Waals surface area contributed by atoms with E-state index in [2.05, 4.69) is 10.6 Å². The third kappa shape index (κ3) is 5.12. The van der Waals surface area contributed by atoms with Crippen LogP contribution in [0.5, 0.6) is 5.75 Å². The first-order valence-corrected chi connectivity index (χ1v) is 8.04. The minimum Gasteiger partial charge on any atom is -0.481 e. The maximum Gasteiger partial charge on any atom is 0.265 e. The zero-order valence-corrected chi connectivity index (χ0v) is 13.9. The van der Waals surface area contributed by atoms with Gasteiger partial charge in [-0.2, -0.15) is 0 Å². The van der Waals surface area contributed by atoms with Gasteiger partial charge in [0, 0.05) is 17.8 Å². The summed E-state index contributed by atoms with van der Waals surface area (Å²) in [5, 5.41) is 5.60. The number of para-hydroxylation sites is 1. The molecule has 24 heavy (non-hydrogen) atoms. The summed E-state index contributed by atoms with van der Waals surface area (Å²) in [6, 6.07) is 16.3. The molecule has 2 aromatic rings. The molecule has 0 bridgehead atoms. The van der Waals surface area contributed by atoms with Gasteiger partial charge in [0.2, 0.25) is 5.91 Å². The molecule has 2 aromatic carbocycles. The van der Waals surface area contributed by atoms with Crippen LogP contribution in [0.3, 0.4) is 0 Å². The fraction of sp³-hybridized carbons (Fsp3) is 0.263. The quantitative estimate of drug-likeness (QED) is 0.812. The van der Waals surface area contributed by atoms with Gasteiger partial charge >= 0.3 is 0 Å². The molecule has 0 heterocycles. The lowest BCUT2D eigenvalue weighted by Gasteiger charge is -2.17. The van der Waals surface area contributed by atoms with E-state index in [1.807, 2.05) is 37.3 Å². The van der Waals surface area contributed by atoms with Crippen LogP contribution in [0.4, 0.5) is 11.4 Å². The molecule has 2 amide bonds. The van der Waals surface area contributed by atoms with Crippen LogP contribution in [0.25, 0.3) is 0 Å². The van der Waals surface area contributed by atoms with Crippen molar-refractivity contribution in [3.05, 3.63) is 54.6 Å². The highest BCUT2D eigenvalue weighted by atomic mass is 16.5. The van der Waals surface area contributed by atoms with Crippen molar-refractivity contribution in [2.24, 2.45) is 0 Å². The Morgan fingerprint density at radius 1 is 0.958 bits per heavy atom. The van der Waals surface area contributed by atoms with Gasteiger partial charge in [-0.1, -0.05) is 38.1 Å². The predicted octanol–water partition coefficient (Wildman–Crippen LogP) is 3.83. The molecule has 0 aromatic heterocycles. The van der Waals surface area contributed by atoms with Gasteiger partial charge in [0.1, 0.15) is 5.75 Å². The molecule has 2 N–H and O–H groups in total. The van der Waals surface area contributed by atoms with Crippen LogP contribution in [0.15, 0.2) is 54.6 Å². The van der Waals surface area contributed by atoms with Gasteiger partial charge in [0.15, 0.2) is 6.10 Å².